The van der Waals surface area contributed by atoms with Gasteiger partial charge in [-0.2, -0.15) is 11.8 Å². The second-order valence-corrected chi connectivity index (χ2v) is 5.61. The van der Waals surface area contributed by atoms with Gasteiger partial charge in [0, 0.05) is 0 Å². The number of aliphatic hydroxyl groups excluding tert-OH is 1. The predicted molar refractivity (Wildman–Crippen MR) is 71.3 cm³/mol. The maximum Gasteiger partial charge on any atom is 0.312 e. The number of primary amides is 1. The van der Waals surface area contributed by atoms with E-state index in [1.165, 1.54) is 0 Å². The van der Waals surface area contributed by atoms with Crippen LogP contribution in [0, 0.1) is 0 Å². The Kier molecular flexibility index (Phi) is 5.74. The minimum atomic E-state index is -0.706. The van der Waals surface area contributed by atoms with E-state index in [9.17, 15) is 14.7 Å². The minimum absolute atomic E-state index is 0.0649. The lowest BCUT2D eigenvalue weighted by Crippen LogP contribution is -2.61. The number of nitrogens with one attached hydrogen (secondary N) is 2. The van der Waals surface area contributed by atoms with Crippen LogP contribution in [0.15, 0.2) is 0 Å². The Morgan fingerprint density at radius 1 is 1.50 bits per heavy atom. The number of carbonyl (C=O) groups excluding carboxylic acids is 2. The zero-order valence-corrected chi connectivity index (χ0v) is 11.4. The number of thioether (sulfide) groups is 1. The minimum Gasteiger partial charge on any atom is -0.394 e. The van der Waals surface area contributed by atoms with Crippen molar-refractivity contribution < 1.29 is 14.7 Å². The van der Waals surface area contributed by atoms with Gasteiger partial charge >= 0.3 is 6.03 Å². The van der Waals surface area contributed by atoms with E-state index in [0.29, 0.717) is 6.42 Å². The summed E-state index contributed by atoms with van der Waals surface area (Å²) in [6.07, 6.45) is 5.01. The quantitative estimate of drug-likeness (QED) is 0.517. The summed E-state index contributed by atoms with van der Waals surface area (Å²) >= 11 is 1.60. The molecule has 1 fully saturated rings. The Morgan fingerprint density at radius 3 is 2.56 bits per heavy atom. The average molecular weight is 275 g/mol. The molecule has 0 saturated heterocycles. The van der Waals surface area contributed by atoms with E-state index in [1.807, 2.05) is 6.26 Å². The van der Waals surface area contributed by atoms with E-state index in [2.05, 4.69) is 10.6 Å². The first kappa shape index (κ1) is 15.1. The van der Waals surface area contributed by atoms with Crippen LogP contribution in [-0.2, 0) is 4.79 Å². The normalized spacial score (nSPS) is 18.6. The van der Waals surface area contributed by atoms with E-state index < -0.39 is 17.6 Å². The Bertz CT molecular complexity index is 302. The lowest BCUT2D eigenvalue weighted by Gasteiger charge is -2.41. The van der Waals surface area contributed by atoms with Crippen LogP contribution in [0.1, 0.15) is 25.7 Å². The molecule has 1 atom stereocenters. The molecule has 1 aliphatic carbocycles. The number of aliphatic hydroxyl groups is 1. The highest BCUT2D eigenvalue weighted by Crippen LogP contribution is 2.31. The number of hydrogen-bond acceptors (Lipinski definition) is 4. The van der Waals surface area contributed by atoms with Crippen LogP contribution in [0.25, 0.3) is 0 Å². The Morgan fingerprint density at radius 2 is 2.17 bits per heavy atom. The first-order valence-corrected chi connectivity index (χ1v) is 7.40. The third-order valence-corrected chi connectivity index (χ3v) is 3.89. The molecule has 1 saturated carbocycles. The number of amides is 3. The van der Waals surface area contributed by atoms with Crippen molar-refractivity contribution >= 4 is 23.7 Å². The monoisotopic (exact) mass is 275 g/mol. The first-order chi connectivity index (χ1) is 8.53. The van der Waals surface area contributed by atoms with Crippen LogP contribution in [0.3, 0.4) is 0 Å². The van der Waals surface area contributed by atoms with Crippen LogP contribution in [0.2, 0.25) is 0 Å². The smallest absolute Gasteiger partial charge is 0.312 e. The van der Waals surface area contributed by atoms with Crippen molar-refractivity contribution in [1.29, 1.82) is 0 Å². The van der Waals surface area contributed by atoms with Crippen LogP contribution in [0.5, 0.6) is 0 Å². The Balaban J connectivity index is 2.54. The maximum atomic E-state index is 12.1. The summed E-state index contributed by atoms with van der Waals surface area (Å²) in [5, 5.41) is 14.6. The van der Waals surface area contributed by atoms with Crippen LogP contribution in [-0.4, -0.2) is 47.2 Å². The van der Waals surface area contributed by atoms with Crippen molar-refractivity contribution in [3.05, 3.63) is 0 Å². The van der Waals surface area contributed by atoms with Crippen molar-refractivity contribution in [1.82, 2.24) is 10.6 Å². The third kappa shape index (κ3) is 4.06. The molecule has 0 aromatic heterocycles. The molecule has 0 heterocycles. The van der Waals surface area contributed by atoms with E-state index in [-0.39, 0.29) is 12.5 Å². The van der Waals surface area contributed by atoms with Crippen molar-refractivity contribution in [3.8, 4) is 0 Å². The molecular formula is C11H21N3O3S. The summed E-state index contributed by atoms with van der Waals surface area (Å²) in [4.78, 5) is 22.9. The van der Waals surface area contributed by atoms with Gasteiger partial charge in [-0.1, -0.05) is 0 Å². The molecule has 0 spiro atoms. The molecule has 0 aromatic carbocycles. The van der Waals surface area contributed by atoms with E-state index >= 15 is 0 Å². The standard InChI is InChI=1S/C11H21N3O3S/c1-18-6-3-8(13-10(12)17)9(16)14-11(7-15)4-2-5-11/h8,15H,2-7H2,1H3,(H,14,16)(H3,12,13,17). The third-order valence-electron chi connectivity index (χ3n) is 3.25. The summed E-state index contributed by atoms with van der Waals surface area (Å²) < 4.78 is 0. The van der Waals surface area contributed by atoms with Gasteiger partial charge in [0.15, 0.2) is 0 Å². The fourth-order valence-corrected chi connectivity index (χ4v) is 2.42. The molecule has 5 N–H and O–H groups in total. The molecule has 1 rings (SSSR count). The lowest BCUT2D eigenvalue weighted by atomic mass is 9.77. The number of hydrogen-bond donors (Lipinski definition) is 4. The Hall–Kier alpha value is -0.950. The van der Waals surface area contributed by atoms with Crippen LogP contribution >= 0.6 is 11.8 Å². The van der Waals surface area contributed by atoms with Gasteiger partial charge in [-0.25, -0.2) is 4.79 Å². The van der Waals surface area contributed by atoms with Crippen molar-refractivity contribution in [3.63, 3.8) is 0 Å². The van der Waals surface area contributed by atoms with Gasteiger partial charge in [0.25, 0.3) is 0 Å². The highest BCUT2D eigenvalue weighted by atomic mass is 32.2. The van der Waals surface area contributed by atoms with Gasteiger partial charge < -0.3 is 21.5 Å². The summed E-state index contributed by atoms with van der Waals surface area (Å²) in [6.45, 7) is -0.0649. The molecule has 1 aliphatic rings. The summed E-state index contributed by atoms with van der Waals surface area (Å²) in [5.74, 6) is 0.487. The highest BCUT2D eigenvalue weighted by Gasteiger charge is 2.39. The van der Waals surface area contributed by atoms with Gasteiger partial charge in [-0.05, 0) is 37.7 Å². The van der Waals surface area contributed by atoms with Crippen LogP contribution < -0.4 is 16.4 Å². The number of nitrogens with two attached hydrogens (primary N) is 1. The van der Waals surface area contributed by atoms with Gasteiger partial charge in [0.1, 0.15) is 6.04 Å². The topological polar surface area (TPSA) is 104 Å². The number of urea groups is 1. The second kappa shape index (κ2) is 6.84. The fourth-order valence-electron chi connectivity index (χ4n) is 1.95. The van der Waals surface area contributed by atoms with Crippen LogP contribution in [0.4, 0.5) is 4.79 Å². The molecule has 6 nitrogen and oxygen atoms in total. The molecule has 0 bridgehead atoms. The van der Waals surface area contributed by atoms with Gasteiger partial charge in [-0.3, -0.25) is 4.79 Å². The first-order valence-electron chi connectivity index (χ1n) is 6.01. The summed E-state index contributed by atoms with van der Waals surface area (Å²) in [5.41, 5.74) is 4.57. The molecular weight excluding hydrogens is 254 g/mol. The van der Waals surface area contributed by atoms with E-state index in [4.69, 9.17) is 5.73 Å². The van der Waals surface area contributed by atoms with Crippen molar-refractivity contribution in [2.24, 2.45) is 5.73 Å². The van der Waals surface area contributed by atoms with Gasteiger partial charge in [0.05, 0.1) is 12.1 Å². The average Bonchev–Trinajstić information content (AvgIpc) is 2.28. The largest absolute Gasteiger partial charge is 0.394 e. The molecule has 0 aliphatic heterocycles. The highest BCUT2D eigenvalue weighted by molar-refractivity contribution is 7.98. The van der Waals surface area contributed by atoms with Crippen molar-refractivity contribution in [2.45, 2.75) is 37.3 Å². The fraction of sp³-hybridized carbons (Fsp3) is 0.818. The molecule has 0 radical (unpaired) electrons. The summed E-state index contributed by atoms with van der Waals surface area (Å²) in [6, 6.07) is -1.33. The molecule has 7 heteroatoms. The Labute approximate surface area is 111 Å². The van der Waals surface area contributed by atoms with Crippen molar-refractivity contribution in [2.75, 3.05) is 18.6 Å². The van der Waals surface area contributed by atoms with E-state index in [1.54, 1.807) is 11.8 Å². The molecule has 18 heavy (non-hydrogen) atoms. The zero-order chi connectivity index (χ0) is 13.6. The molecule has 3 amide bonds. The lowest BCUT2D eigenvalue weighted by molar-refractivity contribution is -0.127. The summed E-state index contributed by atoms with van der Waals surface area (Å²) in [7, 11) is 0. The second-order valence-electron chi connectivity index (χ2n) is 4.62. The number of carbonyl (C=O) groups is 2. The molecule has 0 aromatic rings. The maximum absolute atomic E-state index is 12.1. The zero-order valence-electron chi connectivity index (χ0n) is 10.6. The van der Waals surface area contributed by atoms with Gasteiger partial charge in [0.2, 0.25) is 5.91 Å². The molecule has 1 unspecified atom stereocenters. The number of rotatable bonds is 7. The predicted octanol–water partition coefficient (Wildman–Crippen LogP) is -0.192. The van der Waals surface area contributed by atoms with E-state index in [0.717, 1.165) is 25.0 Å². The molecule has 104 valence electrons. The van der Waals surface area contributed by atoms with Gasteiger partial charge in [-0.15, -0.1) is 0 Å². The SMILES string of the molecule is CSCCC(NC(N)=O)C(=O)NC1(CO)CCC1.